The van der Waals surface area contributed by atoms with Gasteiger partial charge in [0.15, 0.2) is 0 Å². The fourth-order valence-electron chi connectivity index (χ4n) is 4.02. The first-order valence-electron chi connectivity index (χ1n) is 12.3. The standard InChI is InChI=1S/C32H22Cl2N2O4/c33-23-16-13-21(14-17-23)20-39-29-12-6-4-10-26(29)31(37)36-35-19-27-24-8-2-1-7-22(24)15-18-30(27)40-32(38)25-9-3-5-11-28(25)34/h1-19H,20H2,(H,36,37). The second kappa shape index (κ2) is 12.5. The first-order chi connectivity index (χ1) is 19.5. The number of benzene rings is 5. The number of para-hydroxylation sites is 1. The van der Waals surface area contributed by atoms with Crippen LogP contribution in [0.1, 0.15) is 31.8 Å². The molecular weight excluding hydrogens is 547 g/mol. The fraction of sp³-hybridized carbons (Fsp3) is 0.0312. The van der Waals surface area contributed by atoms with E-state index in [9.17, 15) is 9.59 Å². The van der Waals surface area contributed by atoms with Crippen molar-refractivity contribution in [3.05, 3.63) is 141 Å². The predicted molar refractivity (Wildman–Crippen MR) is 158 cm³/mol. The van der Waals surface area contributed by atoms with Crippen LogP contribution in [0.25, 0.3) is 10.8 Å². The van der Waals surface area contributed by atoms with Crippen LogP contribution >= 0.6 is 23.2 Å². The van der Waals surface area contributed by atoms with E-state index >= 15 is 0 Å². The van der Waals surface area contributed by atoms with Gasteiger partial charge in [-0.15, -0.1) is 0 Å². The monoisotopic (exact) mass is 568 g/mol. The number of fused-ring (bicyclic) bond motifs is 1. The summed E-state index contributed by atoms with van der Waals surface area (Å²) in [5.41, 5.74) is 4.54. The highest BCUT2D eigenvalue weighted by molar-refractivity contribution is 6.33. The molecule has 0 spiro atoms. The molecule has 6 nitrogen and oxygen atoms in total. The van der Waals surface area contributed by atoms with Crippen molar-refractivity contribution in [3.8, 4) is 11.5 Å². The van der Waals surface area contributed by atoms with E-state index in [4.69, 9.17) is 32.7 Å². The minimum absolute atomic E-state index is 0.240. The number of halogens is 2. The van der Waals surface area contributed by atoms with Crippen LogP contribution in [0.15, 0.2) is 114 Å². The zero-order valence-corrected chi connectivity index (χ0v) is 22.5. The first-order valence-corrected chi connectivity index (χ1v) is 13.0. The molecule has 0 aliphatic rings. The Bertz CT molecular complexity index is 1720. The van der Waals surface area contributed by atoms with Crippen molar-refractivity contribution in [3.63, 3.8) is 0 Å². The second-order valence-electron chi connectivity index (χ2n) is 8.68. The summed E-state index contributed by atoms with van der Waals surface area (Å²) in [6.07, 6.45) is 1.45. The molecule has 0 aromatic heterocycles. The van der Waals surface area contributed by atoms with Crippen LogP contribution in [0.3, 0.4) is 0 Å². The number of nitrogens with zero attached hydrogens (tertiary/aromatic N) is 1. The molecule has 5 aromatic rings. The maximum Gasteiger partial charge on any atom is 0.345 e. The number of hydrogen-bond acceptors (Lipinski definition) is 5. The van der Waals surface area contributed by atoms with Crippen molar-refractivity contribution in [1.29, 1.82) is 0 Å². The molecule has 1 amide bonds. The molecule has 40 heavy (non-hydrogen) atoms. The number of ether oxygens (including phenoxy) is 2. The molecule has 198 valence electrons. The topological polar surface area (TPSA) is 77.0 Å². The molecule has 0 aliphatic heterocycles. The molecule has 0 saturated heterocycles. The van der Waals surface area contributed by atoms with E-state index in [1.807, 2.05) is 42.5 Å². The van der Waals surface area contributed by atoms with Gasteiger partial charge in [-0.1, -0.05) is 89.9 Å². The van der Waals surface area contributed by atoms with E-state index in [1.165, 1.54) is 6.21 Å². The molecule has 0 atom stereocenters. The van der Waals surface area contributed by atoms with Crippen LogP contribution < -0.4 is 14.9 Å². The average molecular weight is 569 g/mol. The Labute approximate surface area is 240 Å². The van der Waals surface area contributed by atoms with Crippen molar-refractivity contribution >= 4 is 52.1 Å². The molecular formula is C32H22Cl2N2O4. The summed E-state index contributed by atoms with van der Waals surface area (Å²) >= 11 is 12.1. The molecule has 0 heterocycles. The Kier molecular flexibility index (Phi) is 8.40. The highest BCUT2D eigenvalue weighted by Gasteiger charge is 2.16. The highest BCUT2D eigenvalue weighted by Crippen LogP contribution is 2.28. The van der Waals surface area contributed by atoms with Crippen molar-refractivity contribution in [2.24, 2.45) is 5.10 Å². The van der Waals surface area contributed by atoms with Crippen molar-refractivity contribution in [2.75, 3.05) is 0 Å². The van der Waals surface area contributed by atoms with Crippen LogP contribution in [0.4, 0.5) is 0 Å². The minimum Gasteiger partial charge on any atom is -0.488 e. The second-order valence-corrected chi connectivity index (χ2v) is 9.52. The fourth-order valence-corrected chi connectivity index (χ4v) is 4.36. The summed E-state index contributed by atoms with van der Waals surface area (Å²) in [4.78, 5) is 25.9. The van der Waals surface area contributed by atoms with Crippen molar-refractivity contribution in [1.82, 2.24) is 5.43 Å². The van der Waals surface area contributed by atoms with E-state index in [2.05, 4.69) is 10.5 Å². The van der Waals surface area contributed by atoms with E-state index in [0.717, 1.165) is 16.3 Å². The lowest BCUT2D eigenvalue weighted by molar-refractivity contribution is 0.0734. The first kappa shape index (κ1) is 26.9. The van der Waals surface area contributed by atoms with Gasteiger partial charge in [-0.05, 0) is 58.8 Å². The summed E-state index contributed by atoms with van der Waals surface area (Å²) in [5.74, 6) is -0.387. The molecule has 0 radical (unpaired) electrons. The Morgan fingerprint density at radius 2 is 1.45 bits per heavy atom. The molecule has 0 fully saturated rings. The van der Waals surface area contributed by atoms with Gasteiger partial charge in [0.1, 0.15) is 18.1 Å². The van der Waals surface area contributed by atoms with E-state index in [1.54, 1.807) is 66.7 Å². The highest BCUT2D eigenvalue weighted by atomic mass is 35.5. The number of hydrazone groups is 1. The van der Waals surface area contributed by atoms with Gasteiger partial charge < -0.3 is 9.47 Å². The van der Waals surface area contributed by atoms with Gasteiger partial charge in [0.2, 0.25) is 0 Å². The molecule has 5 rings (SSSR count). The van der Waals surface area contributed by atoms with Gasteiger partial charge >= 0.3 is 5.97 Å². The van der Waals surface area contributed by atoms with Crippen molar-refractivity contribution in [2.45, 2.75) is 6.61 Å². The lowest BCUT2D eigenvalue weighted by Crippen LogP contribution is -2.19. The quantitative estimate of drug-likeness (QED) is 0.0899. The van der Waals surface area contributed by atoms with Gasteiger partial charge in [0.05, 0.1) is 22.4 Å². The zero-order valence-electron chi connectivity index (χ0n) is 21.0. The molecule has 8 heteroatoms. The Morgan fingerprint density at radius 1 is 0.750 bits per heavy atom. The van der Waals surface area contributed by atoms with Crippen LogP contribution in [-0.4, -0.2) is 18.1 Å². The van der Waals surface area contributed by atoms with Gasteiger partial charge in [-0.25, -0.2) is 10.2 Å². The third-order valence-corrected chi connectivity index (χ3v) is 6.61. The number of hydrogen-bond donors (Lipinski definition) is 1. The van der Waals surface area contributed by atoms with Crippen LogP contribution in [0.5, 0.6) is 11.5 Å². The summed E-state index contributed by atoms with van der Waals surface area (Å²) in [6.45, 7) is 0.265. The molecule has 0 bridgehead atoms. The summed E-state index contributed by atoms with van der Waals surface area (Å²) in [7, 11) is 0. The zero-order chi connectivity index (χ0) is 27.9. The molecule has 5 aromatic carbocycles. The van der Waals surface area contributed by atoms with Crippen LogP contribution in [0.2, 0.25) is 10.0 Å². The van der Waals surface area contributed by atoms with Crippen LogP contribution in [0, 0.1) is 0 Å². The predicted octanol–water partition coefficient (Wildman–Crippen LogP) is 7.71. The molecule has 0 saturated carbocycles. The Morgan fingerprint density at radius 3 is 2.25 bits per heavy atom. The number of carbonyl (C=O) groups excluding carboxylic acids is 2. The van der Waals surface area contributed by atoms with E-state index in [0.29, 0.717) is 21.9 Å². The number of amides is 1. The third-order valence-electron chi connectivity index (χ3n) is 6.03. The lowest BCUT2D eigenvalue weighted by atomic mass is 10.0. The Hall–Kier alpha value is -4.65. The largest absolute Gasteiger partial charge is 0.488 e. The minimum atomic E-state index is -0.605. The number of nitrogens with one attached hydrogen (secondary N) is 1. The van der Waals surface area contributed by atoms with Crippen LogP contribution in [-0.2, 0) is 6.61 Å². The average Bonchev–Trinajstić information content (AvgIpc) is 2.98. The smallest absolute Gasteiger partial charge is 0.345 e. The van der Waals surface area contributed by atoms with Gasteiger partial charge in [-0.3, -0.25) is 4.79 Å². The normalized spacial score (nSPS) is 10.9. The molecule has 0 unspecified atom stereocenters. The Balaban J connectivity index is 1.36. The summed E-state index contributed by atoms with van der Waals surface area (Å²) < 4.78 is 11.6. The summed E-state index contributed by atoms with van der Waals surface area (Å²) in [6, 6.07) is 31.9. The number of carbonyl (C=O) groups is 2. The maximum absolute atomic E-state index is 13.0. The van der Waals surface area contributed by atoms with E-state index in [-0.39, 0.29) is 22.9 Å². The maximum atomic E-state index is 13.0. The lowest BCUT2D eigenvalue weighted by Gasteiger charge is -2.12. The SMILES string of the molecule is O=C(Oc1ccc2ccccc2c1C=NNC(=O)c1ccccc1OCc1ccc(Cl)cc1)c1ccccc1Cl. The third kappa shape index (κ3) is 6.31. The van der Waals surface area contributed by atoms with E-state index < -0.39 is 11.9 Å². The molecule has 0 aliphatic carbocycles. The number of esters is 1. The molecule has 1 N–H and O–H groups in total. The van der Waals surface area contributed by atoms with Crippen molar-refractivity contribution < 1.29 is 19.1 Å². The van der Waals surface area contributed by atoms with Gasteiger partial charge in [0.25, 0.3) is 5.91 Å². The summed E-state index contributed by atoms with van der Waals surface area (Å²) in [5, 5.41) is 6.80. The van der Waals surface area contributed by atoms with Gasteiger partial charge in [-0.2, -0.15) is 5.10 Å². The van der Waals surface area contributed by atoms with Gasteiger partial charge in [0, 0.05) is 10.6 Å². The number of rotatable bonds is 8.